The molecule has 118 valence electrons. The van der Waals surface area contributed by atoms with Crippen LogP contribution in [0.15, 0.2) is 9.59 Å². The van der Waals surface area contributed by atoms with E-state index in [2.05, 4.69) is 21.8 Å². The maximum atomic E-state index is 12.5. The molecule has 7 heteroatoms. The summed E-state index contributed by atoms with van der Waals surface area (Å²) in [5.74, 6) is 0. The van der Waals surface area contributed by atoms with E-state index in [4.69, 9.17) is 11.6 Å². The lowest BCUT2D eigenvalue weighted by Gasteiger charge is -2.37. The number of hydrogen-bond donors (Lipinski definition) is 1. The van der Waals surface area contributed by atoms with E-state index < -0.39 is 5.69 Å². The molecule has 1 N–H and O–H groups in total. The van der Waals surface area contributed by atoms with Gasteiger partial charge in [0.1, 0.15) is 5.15 Å². The molecule has 0 bridgehead atoms. The first-order valence-electron chi connectivity index (χ1n) is 7.34. The average molecular weight is 315 g/mol. The summed E-state index contributed by atoms with van der Waals surface area (Å²) in [4.78, 5) is 31.6. The van der Waals surface area contributed by atoms with Gasteiger partial charge in [-0.05, 0) is 20.5 Å². The van der Waals surface area contributed by atoms with Gasteiger partial charge in [0.05, 0.1) is 5.56 Å². The van der Waals surface area contributed by atoms with Gasteiger partial charge in [-0.3, -0.25) is 19.2 Å². The van der Waals surface area contributed by atoms with Gasteiger partial charge in [-0.1, -0.05) is 24.9 Å². The molecule has 2 rings (SSSR count). The Kier molecular flexibility index (Phi) is 5.24. The van der Waals surface area contributed by atoms with Crippen molar-refractivity contribution in [2.45, 2.75) is 32.4 Å². The number of hydrogen-bond acceptors (Lipinski definition) is 4. The van der Waals surface area contributed by atoms with Crippen molar-refractivity contribution in [1.29, 1.82) is 0 Å². The molecule has 0 spiro atoms. The van der Waals surface area contributed by atoms with Crippen molar-refractivity contribution >= 4 is 11.6 Å². The van der Waals surface area contributed by atoms with E-state index in [1.54, 1.807) is 0 Å². The van der Waals surface area contributed by atoms with Crippen LogP contribution in [0.4, 0.5) is 0 Å². The fourth-order valence-corrected chi connectivity index (χ4v) is 2.98. The summed E-state index contributed by atoms with van der Waals surface area (Å²) in [6.45, 7) is 5.15. The molecule has 0 radical (unpaired) electrons. The van der Waals surface area contributed by atoms with E-state index in [1.807, 2.05) is 14.0 Å². The van der Waals surface area contributed by atoms with E-state index in [1.165, 1.54) is 4.57 Å². The molecule has 0 saturated carbocycles. The maximum absolute atomic E-state index is 12.5. The molecule has 1 aromatic heterocycles. The second kappa shape index (κ2) is 6.77. The lowest BCUT2D eigenvalue weighted by molar-refractivity contribution is 0.101. The Bertz CT molecular complexity index is 610. The molecule has 0 amide bonds. The Hall–Kier alpha value is -1.11. The van der Waals surface area contributed by atoms with Gasteiger partial charge in [-0.2, -0.15) is 0 Å². The van der Waals surface area contributed by atoms with Gasteiger partial charge in [0, 0.05) is 32.2 Å². The summed E-state index contributed by atoms with van der Waals surface area (Å²) in [6, 6.07) is 0.151. The number of nitrogens with one attached hydrogen (secondary N) is 1. The highest BCUT2D eigenvalue weighted by atomic mass is 35.5. The maximum Gasteiger partial charge on any atom is 0.329 e. The summed E-state index contributed by atoms with van der Waals surface area (Å²) in [7, 11) is 4.08. The van der Waals surface area contributed by atoms with E-state index in [-0.39, 0.29) is 16.8 Å². The fourth-order valence-electron chi connectivity index (χ4n) is 2.73. The summed E-state index contributed by atoms with van der Waals surface area (Å²) in [6.07, 6.45) is 1.39. The van der Waals surface area contributed by atoms with Gasteiger partial charge in [0.25, 0.3) is 5.56 Å². The minimum absolute atomic E-state index is 0.151. The zero-order valence-electron chi connectivity index (χ0n) is 12.9. The van der Waals surface area contributed by atoms with Crippen LogP contribution in [0, 0.1) is 0 Å². The van der Waals surface area contributed by atoms with Crippen LogP contribution in [-0.2, 0) is 13.0 Å². The topological polar surface area (TPSA) is 61.3 Å². The van der Waals surface area contributed by atoms with Crippen molar-refractivity contribution < 1.29 is 0 Å². The number of nitrogens with zero attached hydrogens (tertiary/aromatic N) is 3. The number of aromatic nitrogens is 2. The van der Waals surface area contributed by atoms with Crippen molar-refractivity contribution in [1.82, 2.24) is 19.4 Å². The van der Waals surface area contributed by atoms with Crippen LogP contribution in [0.2, 0.25) is 5.15 Å². The van der Waals surface area contributed by atoms with Crippen LogP contribution < -0.4 is 11.2 Å². The van der Waals surface area contributed by atoms with Crippen LogP contribution in [0.5, 0.6) is 0 Å². The van der Waals surface area contributed by atoms with Crippen LogP contribution >= 0.6 is 11.6 Å². The quantitative estimate of drug-likeness (QED) is 0.817. The van der Waals surface area contributed by atoms with Crippen molar-refractivity contribution in [3.8, 4) is 0 Å². The van der Waals surface area contributed by atoms with Gasteiger partial charge in [-0.25, -0.2) is 4.79 Å². The Morgan fingerprint density at radius 1 is 1.29 bits per heavy atom. The van der Waals surface area contributed by atoms with Crippen molar-refractivity contribution in [3.05, 3.63) is 31.6 Å². The molecular weight excluding hydrogens is 292 g/mol. The number of aromatic amines is 1. The monoisotopic (exact) mass is 314 g/mol. The highest BCUT2D eigenvalue weighted by molar-refractivity contribution is 6.30. The van der Waals surface area contributed by atoms with E-state index in [0.717, 1.165) is 26.1 Å². The Morgan fingerprint density at radius 2 is 2.00 bits per heavy atom. The molecule has 2 heterocycles. The first-order valence-corrected chi connectivity index (χ1v) is 7.72. The van der Waals surface area contributed by atoms with Crippen LogP contribution in [0.3, 0.4) is 0 Å². The minimum atomic E-state index is -0.425. The summed E-state index contributed by atoms with van der Waals surface area (Å²) >= 11 is 5.99. The normalized spacial score (nSPS) is 20.9. The Morgan fingerprint density at radius 3 is 2.67 bits per heavy atom. The average Bonchev–Trinajstić information content (AvgIpc) is 2.43. The number of rotatable bonds is 4. The predicted molar refractivity (Wildman–Crippen MR) is 84.2 cm³/mol. The number of likely N-dealkylation sites (N-methyl/N-ethyl adjacent to an activating group) is 2. The highest BCUT2D eigenvalue weighted by Crippen LogP contribution is 2.10. The second-order valence-electron chi connectivity index (χ2n) is 5.79. The largest absolute Gasteiger partial charge is 0.329 e. The Balaban J connectivity index is 2.33. The van der Waals surface area contributed by atoms with Crippen molar-refractivity contribution in [2.75, 3.05) is 33.7 Å². The molecule has 1 fully saturated rings. The first kappa shape index (κ1) is 16.3. The molecule has 0 aliphatic carbocycles. The standard InChI is InChI=1S/C14H23ClN4O2/c1-4-5-11-12(15)16-14(21)19(13(11)20)9-10-8-17(2)6-7-18(10)3/h10H,4-9H2,1-3H3,(H,16,21). The molecule has 1 aromatic rings. The van der Waals surface area contributed by atoms with Crippen LogP contribution in [-0.4, -0.2) is 59.1 Å². The Labute approximate surface area is 129 Å². The molecule has 1 atom stereocenters. The molecule has 1 aliphatic rings. The zero-order valence-corrected chi connectivity index (χ0v) is 13.6. The van der Waals surface area contributed by atoms with E-state index in [9.17, 15) is 9.59 Å². The lowest BCUT2D eigenvalue weighted by Crippen LogP contribution is -2.54. The van der Waals surface area contributed by atoms with Gasteiger partial charge in [0.15, 0.2) is 0 Å². The minimum Gasteiger partial charge on any atom is -0.303 e. The van der Waals surface area contributed by atoms with Gasteiger partial charge >= 0.3 is 5.69 Å². The molecule has 0 aromatic carbocycles. The van der Waals surface area contributed by atoms with E-state index in [0.29, 0.717) is 18.5 Å². The highest BCUT2D eigenvalue weighted by Gasteiger charge is 2.24. The van der Waals surface area contributed by atoms with Crippen molar-refractivity contribution in [3.63, 3.8) is 0 Å². The van der Waals surface area contributed by atoms with Gasteiger partial charge < -0.3 is 4.90 Å². The summed E-state index contributed by atoms with van der Waals surface area (Å²) < 4.78 is 1.29. The first-order chi connectivity index (χ1) is 9.93. The van der Waals surface area contributed by atoms with Gasteiger partial charge in [0.2, 0.25) is 0 Å². The third kappa shape index (κ3) is 3.56. The SMILES string of the molecule is CCCc1c(Cl)[nH]c(=O)n(CC2CN(C)CCN2C)c1=O. The third-order valence-electron chi connectivity index (χ3n) is 4.10. The van der Waals surface area contributed by atoms with Crippen LogP contribution in [0.1, 0.15) is 18.9 Å². The molecule has 1 aliphatic heterocycles. The molecule has 1 saturated heterocycles. The number of H-pyrrole nitrogens is 1. The molecule has 21 heavy (non-hydrogen) atoms. The summed E-state index contributed by atoms with van der Waals surface area (Å²) in [5.41, 5.74) is -0.177. The molecule has 1 unspecified atom stereocenters. The summed E-state index contributed by atoms with van der Waals surface area (Å²) in [5, 5.41) is 0.178. The number of piperazine rings is 1. The van der Waals surface area contributed by atoms with Crippen LogP contribution in [0.25, 0.3) is 0 Å². The van der Waals surface area contributed by atoms with Gasteiger partial charge in [-0.15, -0.1) is 0 Å². The van der Waals surface area contributed by atoms with E-state index >= 15 is 0 Å². The molecular formula is C14H23ClN4O2. The second-order valence-corrected chi connectivity index (χ2v) is 6.16. The zero-order chi connectivity index (χ0) is 15.6. The molecule has 6 nitrogen and oxygen atoms in total. The van der Waals surface area contributed by atoms with Crippen molar-refractivity contribution in [2.24, 2.45) is 0 Å². The lowest BCUT2D eigenvalue weighted by atomic mass is 10.1. The number of halogens is 1. The fraction of sp³-hybridized carbons (Fsp3) is 0.714. The smallest absolute Gasteiger partial charge is 0.303 e. The third-order valence-corrected chi connectivity index (χ3v) is 4.43. The predicted octanol–water partition coefficient (Wildman–Crippen LogP) is 0.388.